The SMILES string of the molecule is CC(C)CNCc1ccc(N2CCCCC2C)nn1. The minimum atomic E-state index is 0.591. The zero-order valence-electron chi connectivity index (χ0n) is 12.4. The molecule has 1 N–H and O–H groups in total. The second-order valence-electron chi connectivity index (χ2n) is 5.95. The van der Waals surface area contributed by atoms with Gasteiger partial charge in [-0.25, -0.2) is 0 Å². The van der Waals surface area contributed by atoms with Gasteiger partial charge in [0, 0.05) is 19.1 Å². The van der Waals surface area contributed by atoms with E-state index in [0.717, 1.165) is 31.1 Å². The first kappa shape index (κ1) is 14.3. The molecular weight excluding hydrogens is 236 g/mol. The lowest BCUT2D eigenvalue weighted by Crippen LogP contribution is -2.38. The number of piperidine rings is 1. The van der Waals surface area contributed by atoms with Crippen LogP contribution in [0.25, 0.3) is 0 Å². The quantitative estimate of drug-likeness (QED) is 0.885. The molecule has 4 nitrogen and oxygen atoms in total. The predicted molar refractivity (Wildman–Crippen MR) is 79.2 cm³/mol. The summed E-state index contributed by atoms with van der Waals surface area (Å²) in [4.78, 5) is 2.38. The van der Waals surface area contributed by atoms with Gasteiger partial charge in [-0.2, -0.15) is 5.10 Å². The molecule has 1 aromatic rings. The average Bonchev–Trinajstić information content (AvgIpc) is 2.40. The normalized spacial score (nSPS) is 20.0. The van der Waals surface area contributed by atoms with E-state index in [1.807, 2.05) is 0 Å². The molecule has 1 atom stereocenters. The molecule has 106 valence electrons. The molecule has 2 heterocycles. The van der Waals surface area contributed by atoms with Crippen LogP contribution in [-0.2, 0) is 6.54 Å². The van der Waals surface area contributed by atoms with E-state index in [-0.39, 0.29) is 0 Å². The second kappa shape index (κ2) is 6.85. The van der Waals surface area contributed by atoms with Gasteiger partial charge < -0.3 is 10.2 Å². The van der Waals surface area contributed by atoms with E-state index < -0.39 is 0 Å². The van der Waals surface area contributed by atoms with Crippen molar-refractivity contribution in [3.63, 3.8) is 0 Å². The minimum absolute atomic E-state index is 0.591. The maximum absolute atomic E-state index is 4.39. The molecule has 0 aromatic carbocycles. The van der Waals surface area contributed by atoms with Crippen LogP contribution in [0.2, 0.25) is 0 Å². The molecule has 0 radical (unpaired) electrons. The van der Waals surface area contributed by atoms with E-state index in [1.165, 1.54) is 19.3 Å². The summed E-state index contributed by atoms with van der Waals surface area (Å²) >= 11 is 0. The highest BCUT2D eigenvalue weighted by Crippen LogP contribution is 2.22. The number of nitrogens with zero attached hydrogens (tertiary/aromatic N) is 3. The highest BCUT2D eigenvalue weighted by molar-refractivity contribution is 5.39. The van der Waals surface area contributed by atoms with Crippen LogP contribution in [0.4, 0.5) is 5.82 Å². The van der Waals surface area contributed by atoms with Gasteiger partial charge in [-0.15, -0.1) is 5.10 Å². The minimum Gasteiger partial charge on any atom is -0.352 e. The molecule has 0 aliphatic carbocycles. The first-order chi connectivity index (χ1) is 9.16. The smallest absolute Gasteiger partial charge is 0.151 e. The van der Waals surface area contributed by atoms with Gasteiger partial charge in [-0.1, -0.05) is 13.8 Å². The lowest BCUT2D eigenvalue weighted by atomic mass is 10.0. The molecule has 1 saturated heterocycles. The molecule has 0 bridgehead atoms. The van der Waals surface area contributed by atoms with Crippen LogP contribution in [0.5, 0.6) is 0 Å². The Morgan fingerprint density at radius 1 is 1.32 bits per heavy atom. The van der Waals surface area contributed by atoms with E-state index >= 15 is 0 Å². The Kier molecular flexibility index (Phi) is 5.14. The fourth-order valence-electron chi connectivity index (χ4n) is 2.53. The van der Waals surface area contributed by atoms with E-state index in [2.05, 4.69) is 53.3 Å². The van der Waals surface area contributed by atoms with Crippen LogP contribution in [0.1, 0.15) is 45.7 Å². The first-order valence-electron chi connectivity index (χ1n) is 7.47. The van der Waals surface area contributed by atoms with Crippen molar-refractivity contribution in [1.82, 2.24) is 15.5 Å². The van der Waals surface area contributed by atoms with Gasteiger partial charge >= 0.3 is 0 Å². The van der Waals surface area contributed by atoms with E-state index in [0.29, 0.717) is 12.0 Å². The maximum Gasteiger partial charge on any atom is 0.151 e. The molecule has 1 fully saturated rings. The van der Waals surface area contributed by atoms with Gasteiger partial charge in [0.05, 0.1) is 5.69 Å². The van der Waals surface area contributed by atoms with Crippen molar-refractivity contribution in [3.8, 4) is 0 Å². The summed E-state index contributed by atoms with van der Waals surface area (Å²) in [6.07, 6.45) is 3.87. The summed E-state index contributed by atoms with van der Waals surface area (Å²) in [5, 5.41) is 12.1. The molecule has 1 aliphatic heterocycles. The summed E-state index contributed by atoms with van der Waals surface area (Å²) in [6.45, 7) is 9.63. The Hall–Kier alpha value is -1.16. The Balaban J connectivity index is 1.90. The third-order valence-corrected chi connectivity index (χ3v) is 3.66. The van der Waals surface area contributed by atoms with E-state index in [1.54, 1.807) is 0 Å². The molecule has 0 amide bonds. The van der Waals surface area contributed by atoms with Crippen LogP contribution in [0.3, 0.4) is 0 Å². The Morgan fingerprint density at radius 3 is 2.79 bits per heavy atom. The van der Waals surface area contributed by atoms with Crippen molar-refractivity contribution in [2.45, 2.75) is 52.6 Å². The topological polar surface area (TPSA) is 41.0 Å². The molecule has 0 saturated carbocycles. The number of rotatable bonds is 5. The second-order valence-corrected chi connectivity index (χ2v) is 5.95. The Labute approximate surface area is 116 Å². The molecule has 1 unspecified atom stereocenters. The van der Waals surface area contributed by atoms with Gasteiger partial charge in [0.25, 0.3) is 0 Å². The maximum atomic E-state index is 4.39. The fourth-order valence-corrected chi connectivity index (χ4v) is 2.53. The summed E-state index contributed by atoms with van der Waals surface area (Å²) in [5.74, 6) is 1.70. The van der Waals surface area contributed by atoms with E-state index in [9.17, 15) is 0 Å². The first-order valence-corrected chi connectivity index (χ1v) is 7.47. The Bertz CT molecular complexity index is 374. The van der Waals surface area contributed by atoms with Crippen molar-refractivity contribution in [2.75, 3.05) is 18.0 Å². The monoisotopic (exact) mass is 262 g/mol. The lowest BCUT2D eigenvalue weighted by Gasteiger charge is -2.34. The number of hydrogen-bond donors (Lipinski definition) is 1. The van der Waals surface area contributed by atoms with Crippen LogP contribution < -0.4 is 10.2 Å². The summed E-state index contributed by atoms with van der Waals surface area (Å²) < 4.78 is 0. The predicted octanol–water partition coefficient (Wildman–Crippen LogP) is 2.60. The third kappa shape index (κ3) is 4.16. The average molecular weight is 262 g/mol. The van der Waals surface area contributed by atoms with Crippen LogP contribution in [0.15, 0.2) is 12.1 Å². The fraction of sp³-hybridized carbons (Fsp3) is 0.733. The van der Waals surface area contributed by atoms with Gasteiger partial charge in [-0.05, 0) is 50.8 Å². The zero-order valence-corrected chi connectivity index (χ0v) is 12.4. The number of nitrogens with one attached hydrogen (secondary N) is 1. The molecule has 2 rings (SSSR count). The lowest BCUT2D eigenvalue weighted by molar-refractivity contribution is 0.479. The molecular formula is C15H26N4. The zero-order chi connectivity index (χ0) is 13.7. The van der Waals surface area contributed by atoms with Crippen LogP contribution in [0, 0.1) is 5.92 Å². The Morgan fingerprint density at radius 2 is 2.16 bits per heavy atom. The molecule has 4 heteroatoms. The summed E-state index contributed by atoms with van der Waals surface area (Å²) in [6, 6.07) is 4.80. The molecule has 1 aromatic heterocycles. The van der Waals surface area contributed by atoms with Gasteiger partial charge in [0.1, 0.15) is 0 Å². The summed E-state index contributed by atoms with van der Waals surface area (Å²) in [5.41, 5.74) is 1.02. The number of anilines is 1. The number of aromatic nitrogens is 2. The van der Waals surface area contributed by atoms with Gasteiger partial charge in [0.2, 0.25) is 0 Å². The molecule has 0 spiro atoms. The van der Waals surface area contributed by atoms with Crippen LogP contribution >= 0.6 is 0 Å². The highest BCUT2D eigenvalue weighted by Gasteiger charge is 2.19. The largest absolute Gasteiger partial charge is 0.352 e. The third-order valence-electron chi connectivity index (χ3n) is 3.66. The van der Waals surface area contributed by atoms with Crippen molar-refractivity contribution in [3.05, 3.63) is 17.8 Å². The van der Waals surface area contributed by atoms with Gasteiger partial charge in [-0.3, -0.25) is 0 Å². The highest BCUT2D eigenvalue weighted by atomic mass is 15.3. The number of hydrogen-bond acceptors (Lipinski definition) is 4. The van der Waals surface area contributed by atoms with Gasteiger partial charge in [0.15, 0.2) is 5.82 Å². The standard InChI is InChI=1S/C15H26N4/c1-12(2)10-16-11-14-7-8-15(18-17-14)19-9-5-4-6-13(19)3/h7-8,12-13,16H,4-6,9-11H2,1-3H3. The molecule has 1 aliphatic rings. The van der Waals surface area contributed by atoms with E-state index in [4.69, 9.17) is 0 Å². The van der Waals surface area contributed by atoms with Crippen molar-refractivity contribution in [1.29, 1.82) is 0 Å². The van der Waals surface area contributed by atoms with Crippen LogP contribution in [-0.4, -0.2) is 29.3 Å². The van der Waals surface area contributed by atoms with Crippen molar-refractivity contribution in [2.24, 2.45) is 5.92 Å². The van der Waals surface area contributed by atoms with Crippen molar-refractivity contribution < 1.29 is 0 Å². The van der Waals surface area contributed by atoms with Crippen molar-refractivity contribution >= 4 is 5.82 Å². The summed E-state index contributed by atoms with van der Waals surface area (Å²) in [7, 11) is 0. The molecule has 19 heavy (non-hydrogen) atoms.